The second kappa shape index (κ2) is 4.53. The Morgan fingerprint density at radius 1 is 1.11 bits per heavy atom. The average Bonchev–Trinajstić information content (AvgIpc) is 2.97. The summed E-state index contributed by atoms with van der Waals surface area (Å²) in [5.74, 6) is 1.35. The van der Waals surface area contributed by atoms with Gasteiger partial charge in [-0.05, 0) is 31.0 Å². The molecule has 0 bridgehead atoms. The Labute approximate surface area is 114 Å². The molecule has 1 aromatic carbocycles. The highest BCUT2D eigenvalue weighted by Crippen LogP contribution is 2.44. The normalized spacial score (nSPS) is 35.6. The van der Waals surface area contributed by atoms with Crippen LogP contribution in [0.15, 0.2) is 48.6 Å². The Bertz CT molecular complexity index is 532. The van der Waals surface area contributed by atoms with Crippen LogP contribution < -0.4 is 10.6 Å². The topological polar surface area (TPSA) is 24.1 Å². The van der Waals surface area contributed by atoms with Crippen molar-refractivity contribution in [1.29, 1.82) is 0 Å². The summed E-state index contributed by atoms with van der Waals surface area (Å²) in [7, 11) is 0. The summed E-state index contributed by atoms with van der Waals surface area (Å²) in [5, 5.41) is 7.51. The first kappa shape index (κ1) is 11.3. The third-order valence-electron chi connectivity index (χ3n) is 4.82. The van der Waals surface area contributed by atoms with E-state index in [4.69, 9.17) is 0 Å². The summed E-state index contributed by atoms with van der Waals surface area (Å²) in [6.45, 7) is 1.15. The van der Waals surface area contributed by atoms with Crippen molar-refractivity contribution in [2.24, 2.45) is 11.8 Å². The van der Waals surface area contributed by atoms with Crippen LogP contribution in [-0.4, -0.2) is 12.6 Å². The van der Waals surface area contributed by atoms with Gasteiger partial charge in [-0.3, -0.25) is 0 Å². The molecule has 0 spiro atoms. The van der Waals surface area contributed by atoms with Crippen LogP contribution in [0.5, 0.6) is 0 Å². The molecular formula is C17H20N2. The minimum atomic E-state index is 0.543. The van der Waals surface area contributed by atoms with E-state index in [9.17, 15) is 0 Å². The van der Waals surface area contributed by atoms with E-state index in [2.05, 4.69) is 59.2 Å². The molecule has 0 radical (unpaired) electrons. The van der Waals surface area contributed by atoms with Crippen molar-refractivity contribution in [3.05, 3.63) is 54.1 Å². The Hall–Kier alpha value is -1.54. The van der Waals surface area contributed by atoms with Gasteiger partial charge in [0, 0.05) is 29.6 Å². The summed E-state index contributed by atoms with van der Waals surface area (Å²) in [6, 6.07) is 9.89. The smallest absolute Gasteiger partial charge is 0.0391 e. The lowest BCUT2D eigenvalue weighted by Crippen LogP contribution is -2.42. The first-order valence-corrected chi connectivity index (χ1v) is 7.36. The van der Waals surface area contributed by atoms with Gasteiger partial charge in [0.05, 0.1) is 0 Å². The summed E-state index contributed by atoms with van der Waals surface area (Å²) in [4.78, 5) is 0. The van der Waals surface area contributed by atoms with Crippen LogP contribution in [0, 0.1) is 11.8 Å². The van der Waals surface area contributed by atoms with Gasteiger partial charge in [0.2, 0.25) is 0 Å². The SMILES string of the molecule is C1=CCC([C@@H]2Nc3ccccc3[C@@H]3NCC[C@@H]32)C=C1. The molecule has 2 aliphatic heterocycles. The number of rotatable bonds is 1. The molecule has 1 aromatic rings. The van der Waals surface area contributed by atoms with E-state index in [1.165, 1.54) is 24.1 Å². The van der Waals surface area contributed by atoms with E-state index in [1.807, 2.05) is 0 Å². The Balaban J connectivity index is 1.70. The summed E-state index contributed by atoms with van der Waals surface area (Å²) < 4.78 is 0. The highest BCUT2D eigenvalue weighted by molar-refractivity contribution is 5.57. The number of nitrogens with one attached hydrogen (secondary N) is 2. The molecule has 19 heavy (non-hydrogen) atoms. The highest BCUT2D eigenvalue weighted by atomic mass is 15.1. The van der Waals surface area contributed by atoms with E-state index in [0.717, 1.165) is 12.5 Å². The Morgan fingerprint density at radius 2 is 2.05 bits per heavy atom. The van der Waals surface area contributed by atoms with E-state index < -0.39 is 0 Å². The third kappa shape index (κ3) is 1.82. The predicted octanol–water partition coefficient (Wildman–Crippen LogP) is 3.26. The Kier molecular flexibility index (Phi) is 2.70. The zero-order valence-corrected chi connectivity index (χ0v) is 11.0. The van der Waals surface area contributed by atoms with Gasteiger partial charge >= 0.3 is 0 Å². The van der Waals surface area contributed by atoms with Crippen LogP contribution in [0.2, 0.25) is 0 Å². The monoisotopic (exact) mass is 252 g/mol. The minimum absolute atomic E-state index is 0.543. The molecule has 2 nitrogen and oxygen atoms in total. The first-order valence-electron chi connectivity index (χ1n) is 7.36. The van der Waals surface area contributed by atoms with E-state index in [0.29, 0.717) is 18.0 Å². The minimum Gasteiger partial charge on any atom is -0.381 e. The highest BCUT2D eigenvalue weighted by Gasteiger charge is 2.41. The number of fused-ring (bicyclic) bond motifs is 3. The lowest BCUT2D eigenvalue weighted by Gasteiger charge is -2.40. The van der Waals surface area contributed by atoms with Gasteiger partial charge in [0.1, 0.15) is 0 Å². The fourth-order valence-electron chi connectivity index (χ4n) is 3.93. The number of hydrogen-bond acceptors (Lipinski definition) is 2. The number of hydrogen-bond donors (Lipinski definition) is 2. The van der Waals surface area contributed by atoms with Crippen molar-refractivity contribution in [2.45, 2.75) is 24.9 Å². The molecule has 4 atom stereocenters. The van der Waals surface area contributed by atoms with Crippen LogP contribution in [-0.2, 0) is 0 Å². The molecule has 0 amide bonds. The van der Waals surface area contributed by atoms with Crippen molar-refractivity contribution in [2.75, 3.05) is 11.9 Å². The number of para-hydroxylation sites is 1. The van der Waals surface area contributed by atoms with Gasteiger partial charge in [-0.2, -0.15) is 0 Å². The molecule has 0 aromatic heterocycles. The van der Waals surface area contributed by atoms with Crippen LogP contribution >= 0.6 is 0 Å². The molecule has 2 heterocycles. The van der Waals surface area contributed by atoms with Gasteiger partial charge in [0.15, 0.2) is 0 Å². The van der Waals surface area contributed by atoms with Gasteiger partial charge in [0.25, 0.3) is 0 Å². The molecule has 1 fully saturated rings. The van der Waals surface area contributed by atoms with E-state index in [-0.39, 0.29) is 0 Å². The van der Waals surface area contributed by atoms with Crippen molar-refractivity contribution in [3.8, 4) is 0 Å². The van der Waals surface area contributed by atoms with E-state index >= 15 is 0 Å². The number of anilines is 1. The molecule has 1 saturated heterocycles. The quantitative estimate of drug-likeness (QED) is 0.801. The summed E-state index contributed by atoms with van der Waals surface area (Å²) in [6.07, 6.45) is 11.5. The molecule has 2 heteroatoms. The van der Waals surface area contributed by atoms with Gasteiger partial charge < -0.3 is 10.6 Å². The largest absolute Gasteiger partial charge is 0.381 e. The van der Waals surface area contributed by atoms with E-state index in [1.54, 1.807) is 0 Å². The lowest BCUT2D eigenvalue weighted by atomic mass is 9.76. The average molecular weight is 252 g/mol. The zero-order valence-electron chi connectivity index (χ0n) is 11.0. The van der Waals surface area contributed by atoms with Crippen LogP contribution in [0.4, 0.5) is 5.69 Å². The molecule has 1 aliphatic carbocycles. The molecule has 98 valence electrons. The first-order chi connectivity index (χ1) is 9.43. The fourth-order valence-corrected chi connectivity index (χ4v) is 3.93. The molecule has 3 aliphatic rings. The fraction of sp³-hybridized carbons (Fsp3) is 0.412. The molecule has 0 saturated carbocycles. The number of allylic oxidation sites excluding steroid dienone is 3. The summed E-state index contributed by atoms with van der Waals surface area (Å²) >= 11 is 0. The maximum atomic E-state index is 3.81. The van der Waals surface area contributed by atoms with Crippen LogP contribution in [0.3, 0.4) is 0 Å². The van der Waals surface area contributed by atoms with Gasteiger partial charge in [-0.1, -0.05) is 42.5 Å². The van der Waals surface area contributed by atoms with Crippen molar-refractivity contribution in [3.63, 3.8) is 0 Å². The van der Waals surface area contributed by atoms with Gasteiger partial charge in [-0.15, -0.1) is 0 Å². The second-order valence-electron chi connectivity index (χ2n) is 5.85. The van der Waals surface area contributed by atoms with Gasteiger partial charge in [-0.25, -0.2) is 0 Å². The predicted molar refractivity (Wildman–Crippen MR) is 79.1 cm³/mol. The van der Waals surface area contributed by atoms with Crippen molar-refractivity contribution in [1.82, 2.24) is 5.32 Å². The summed E-state index contributed by atoms with van der Waals surface area (Å²) in [5.41, 5.74) is 2.78. The maximum Gasteiger partial charge on any atom is 0.0391 e. The maximum absolute atomic E-state index is 3.81. The molecule has 4 rings (SSSR count). The number of benzene rings is 1. The standard InChI is InChI=1S/C17H20N2/c1-2-6-12(7-3-1)16-14-10-11-18-17(14)13-8-4-5-9-15(13)19-16/h1-6,8-9,12,14,16-19H,7,10-11H2/t12?,14-,16+,17+/m1/s1. The van der Waals surface area contributed by atoms with Crippen LogP contribution in [0.1, 0.15) is 24.4 Å². The third-order valence-corrected chi connectivity index (χ3v) is 4.82. The molecule has 1 unspecified atom stereocenters. The van der Waals surface area contributed by atoms with Crippen molar-refractivity contribution >= 4 is 5.69 Å². The van der Waals surface area contributed by atoms with Crippen LogP contribution in [0.25, 0.3) is 0 Å². The lowest BCUT2D eigenvalue weighted by molar-refractivity contribution is 0.327. The Morgan fingerprint density at radius 3 is 2.95 bits per heavy atom. The van der Waals surface area contributed by atoms with Crippen molar-refractivity contribution < 1.29 is 0 Å². The second-order valence-corrected chi connectivity index (χ2v) is 5.85. The molecule has 2 N–H and O–H groups in total. The molecular weight excluding hydrogens is 232 g/mol. The zero-order chi connectivity index (χ0) is 12.7.